The van der Waals surface area contributed by atoms with Gasteiger partial charge in [0.2, 0.25) is 5.82 Å². The van der Waals surface area contributed by atoms with Crippen LogP contribution in [0.2, 0.25) is 0 Å². The van der Waals surface area contributed by atoms with E-state index in [0.717, 1.165) is 5.56 Å². The zero-order valence-electron chi connectivity index (χ0n) is 18.5. The molecule has 182 valence electrons. The van der Waals surface area contributed by atoms with Crippen LogP contribution in [0.15, 0.2) is 53.4 Å². The highest BCUT2D eigenvalue weighted by atomic mass is 32.2. The van der Waals surface area contributed by atoms with E-state index in [2.05, 4.69) is 4.98 Å². The van der Waals surface area contributed by atoms with E-state index in [4.69, 9.17) is 19.9 Å². The van der Waals surface area contributed by atoms with Crippen LogP contribution in [-0.2, 0) is 16.1 Å². The zero-order chi connectivity index (χ0) is 25.4. The standard InChI is InChI=1S/C24H20F3N3O4S/c1-2-32-24(31)18(12-29)35-21-19(25)22(27)30-23(20(21)26)34-17-10-15(11-28)8-9-16(17)33-13-14-6-4-3-5-7-14/h3-10,18H,2,12-13,29H2,1H3. The number of carbonyl (C=O) groups is 1. The predicted octanol–water partition coefficient (Wildman–Crippen LogP) is 4.72. The molecule has 1 aromatic heterocycles. The third kappa shape index (κ3) is 6.44. The maximum Gasteiger partial charge on any atom is 0.320 e. The maximum absolute atomic E-state index is 15.2. The Kier molecular flexibility index (Phi) is 8.94. The molecule has 0 saturated heterocycles. The SMILES string of the molecule is CCOC(=O)C(CN)Sc1c(F)c(F)nc(Oc2cc(C#N)ccc2OCc2ccccc2)c1F. The van der Waals surface area contributed by atoms with Crippen molar-refractivity contribution >= 4 is 17.7 Å². The summed E-state index contributed by atoms with van der Waals surface area (Å²) in [6, 6.07) is 15.1. The summed E-state index contributed by atoms with van der Waals surface area (Å²) in [6.45, 7) is 1.39. The number of nitriles is 1. The van der Waals surface area contributed by atoms with Crippen molar-refractivity contribution in [3.05, 3.63) is 77.2 Å². The molecule has 3 rings (SSSR count). The number of pyridine rings is 1. The first-order valence-electron chi connectivity index (χ1n) is 10.3. The van der Waals surface area contributed by atoms with E-state index in [1.54, 1.807) is 6.92 Å². The monoisotopic (exact) mass is 503 g/mol. The molecule has 11 heteroatoms. The van der Waals surface area contributed by atoms with E-state index in [-0.39, 0.29) is 36.8 Å². The van der Waals surface area contributed by atoms with Crippen LogP contribution in [0.4, 0.5) is 13.2 Å². The number of ether oxygens (including phenoxy) is 3. The lowest BCUT2D eigenvalue weighted by Crippen LogP contribution is -2.28. The lowest BCUT2D eigenvalue weighted by Gasteiger charge is -2.16. The van der Waals surface area contributed by atoms with Gasteiger partial charge < -0.3 is 19.9 Å². The summed E-state index contributed by atoms with van der Waals surface area (Å²) >= 11 is 0.355. The predicted molar refractivity (Wildman–Crippen MR) is 121 cm³/mol. The van der Waals surface area contributed by atoms with Crippen molar-refractivity contribution in [3.63, 3.8) is 0 Å². The molecule has 2 N–H and O–H groups in total. The number of benzene rings is 2. The van der Waals surface area contributed by atoms with Crippen molar-refractivity contribution in [2.75, 3.05) is 13.2 Å². The smallest absolute Gasteiger partial charge is 0.320 e. The highest BCUT2D eigenvalue weighted by Crippen LogP contribution is 2.38. The molecule has 0 radical (unpaired) electrons. The van der Waals surface area contributed by atoms with Gasteiger partial charge in [0.25, 0.3) is 11.8 Å². The van der Waals surface area contributed by atoms with Crippen molar-refractivity contribution in [2.45, 2.75) is 23.7 Å². The topological polar surface area (TPSA) is 107 Å². The van der Waals surface area contributed by atoms with Crippen LogP contribution in [0.5, 0.6) is 17.4 Å². The number of esters is 1. The van der Waals surface area contributed by atoms with Gasteiger partial charge in [0.05, 0.1) is 23.1 Å². The summed E-state index contributed by atoms with van der Waals surface area (Å²) in [5, 5.41) is 8.03. The fraction of sp³-hybridized carbons (Fsp3) is 0.208. The lowest BCUT2D eigenvalue weighted by atomic mass is 10.2. The first-order valence-corrected chi connectivity index (χ1v) is 11.2. The van der Waals surface area contributed by atoms with Crippen molar-refractivity contribution in [2.24, 2.45) is 5.73 Å². The molecule has 0 saturated carbocycles. The quantitative estimate of drug-likeness (QED) is 0.241. The largest absolute Gasteiger partial charge is 0.485 e. The minimum Gasteiger partial charge on any atom is -0.485 e. The number of halogens is 3. The number of rotatable bonds is 10. The molecule has 2 aromatic carbocycles. The Bertz CT molecular complexity index is 1240. The summed E-state index contributed by atoms with van der Waals surface area (Å²) < 4.78 is 59.9. The lowest BCUT2D eigenvalue weighted by molar-refractivity contribution is -0.142. The van der Waals surface area contributed by atoms with Crippen molar-refractivity contribution < 1.29 is 32.2 Å². The Morgan fingerprint density at radius 3 is 2.54 bits per heavy atom. The maximum atomic E-state index is 15.2. The van der Waals surface area contributed by atoms with E-state index in [1.807, 2.05) is 36.4 Å². The number of carbonyl (C=O) groups excluding carboxylic acids is 1. The molecular weight excluding hydrogens is 483 g/mol. The Morgan fingerprint density at radius 1 is 1.14 bits per heavy atom. The normalized spacial score (nSPS) is 11.4. The van der Waals surface area contributed by atoms with Crippen LogP contribution in [-0.4, -0.2) is 29.4 Å². The number of thioether (sulfide) groups is 1. The van der Waals surface area contributed by atoms with Crippen LogP contribution in [0.25, 0.3) is 0 Å². The van der Waals surface area contributed by atoms with Crippen LogP contribution in [0.1, 0.15) is 18.1 Å². The minimum atomic E-state index is -1.65. The van der Waals surface area contributed by atoms with Gasteiger partial charge >= 0.3 is 5.97 Å². The fourth-order valence-electron chi connectivity index (χ4n) is 2.83. The molecule has 0 bridgehead atoms. The molecule has 0 amide bonds. The molecule has 3 aromatic rings. The van der Waals surface area contributed by atoms with Gasteiger partial charge in [0.15, 0.2) is 17.3 Å². The van der Waals surface area contributed by atoms with Gasteiger partial charge in [-0.1, -0.05) is 30.3 Å². The molecule has 35 heavy (non-hydrogen) atoms. The second-order valence-corrected chi connectivity index (χ2v) is 8.12. The molecular formula is C24H20F3N3O4S. The average Bonchev–Trinajstić information content (AvgIpc) is 2.87. The summed E-state index contributed by atoms with van der Waals surface area (Å²) in [5.74, 6) is -6.36. The van der Waals surface area contributed by atoms with E-state index < -0.39 is 39.6 Å². The third-order valence-corrected chi connectivity index (χ3v) is 5.77. The molecule has 1 unspecified atom stereocenters. The van der Waals surface area contributed by atoms with Crippen LogP contribution >= 0.6 is 11.8 Å². The molecule has 7 nitrogen and oxygen atoms in total. The Balaban J connectivity index is 1.94. The van der Waals surface area contributed by atoms with Gasteiger partial charge in [-0.15, -0.1) is 11.8 Å². The highest BCUT2D eigenvalue weighted by molar-refractivity contribution is 8.00. The number of hydrogen-bond acceptors (Lipinski definition) is 8. The number of hydrogen-bond donors (Lipinski definition) is 1. The molecule has 1 heterocycles. The van der Waals surface area contributed by atoms with E-state index in [1.165, 1.54) is 18.2 Å². The van der Waals surface area contributed by atoms with Gasteiger partial charge in [-0.2, -0.15) is 19.0 Å². The second-order valence-electron chi connectivity index (χ2n) is 6.91. The number of nitrogens with zero attached hydrogens (tertiary/aromatic N) is 2. The third-order valence-electron chi connectivity index (χ3n) is 4.51. The highest BCUT2D eigenvalue weighted by Gasteiger charge is 2.29. The minimum absolute atomic E-state index is 0.0287. The van der Waals surface area contributed by atoms with Crippen LogP contribution in [0.3, 0.4) is 0 Å². The molecule has 0 aliphatic heterocycles. The van der Waals surface area contributed by atoms with E-state index in [9.17, 15) is 18.8 Å². The van der Waals surface area contributed by atoms with Crippen molar-refractivity contribution in [1.29, 1.82) is 5.26 Å². The Hall–Kier alpha value is -3.75. The van der Waals surface area contributed by atoms with Crippen LogP contribution in [0, 0.1) is 28.9 Å². The molecule has 0 aliphatic rings. The number of nitrogens with two attached hydrogens (primary N) is 1. The van der Waals surface area contributed by atoms with Gasteiger partial charge in [0, 0.05) is 12.6 Å². The summed E-state index contributed by atoms with van der Waals surface area (Å²) in [7, 11) is 0. The van der Waals surface area contributed by atoms with Gasteiger partial charge in [-0.3, -0.25) is 4.79 Å². The van der Waals surface area contributed by atoms with Crippen molar-refractivity contribution in [1.82, 2.24) is 4.98 Å². The Labute approximate surface area is 203 Å². The molecule has 0 spiro atoms. The summed E-state index contributed by atoms with van der Waals surface area (Å²) in [6.07, 6.45) is 0. The Morgan fingerprint density at radius 2 is 1.89 bits per heavy atom. The molecule has 0 fully saturated rings. The molecule has 1 atom stereocenters. The van der Waals surface area contributed by atoms with Crippen LogP contribution < -0.4 is 15.2 Å². The van der Waals surface area contributed by atoms with E-state index >= 15 is 4.39 Å². The first kappa shape index (κ1) is 25.9. The molecule has 0 aliphatic carbocycles. The number of aromatic nitrogens is 1. The van der Waals surface area contributed by atoms with Crippen molar-refractivity contribution in [3.8, 4) is 23.4 Å². The fourth-order valence-corrected chi connectivity index (χ4v) is 3.76. The van der Waals surface area contributed by atoms with Gasteiger partial charge in [0.1, 0.15) is 11.9 Å². The van der Waals surface area contributed by atoms with Gasteiger partial charge in [-0.05, 0) is 24.6 Å². The summed E-state index contributed by atoms with van der Waals surface area (Å²) in [5.41, 5.74) is 6.50. The average molecular weight is 504 g/mol. The van der Waals surface area contributed by atoms with E-state index in [0.29, 0.717) is 11.8 Å². The van der Waals surface area contributed by atoms with Gasteiger partial charge in [-0.25, -0.2) is 4.39 Å². The second kappa shape index (κ2) is 12.1. The summed E-state index contributed by atoms with van der Waals surface area (Å²) in [4.78, 5) is 14.4. The zero-order valence-corrected chi connectivity index (χ0v) is 19.3. The first-order chi connectivity index (χ1) is 16.9.